The number of anilines is 1. The van der Waals surface area contributed by atoms with E-state index in [9.17, 15) is 8.42 Å². The molecule has 162 valence electrons. The molecule has 30 heavy (non-hydrogen) atoms. The van der Waals surface area contributed by atoms with Crippen molar-refractivity contribution in [2.75, 3.05) is 30.8 Å². The first-order valence-electron chi connectivity index (χ1n) is 10.4. The average Bonchev–Trinajstić information content (AvgIpc) is 3.15. The molecule has 0 aliphatic carbocycles. The summed E-state index contributed by atoms with van der Waals surface area (Å²) >= 11 is 0. The van der Waals surface area contributed by atoms with Gasteiger partial charge in [-0.1, -0.05) is 42.0 Å². The van der Waals surface area contributed by atoms with Crippen molar-refractivity contribution in [1.29, 1.82) is 0 Å². The number of guanidine groups is 1. The highest BCUT2D eigenvalue weighted by Crippen LogP contribution is 2.20. The van der Waals surface area contributed by atoms with Gasteiger partial charge in [0.15, 0.2) is 15.8 Å². The zero-order chi connectivity index (χ0) is 21.6. The van der Waals surface area contributed by atoms with Crippen LogP contribution < -0.4 is 15.5 Å². The maximum absolute atomic E-state index is 11.4. The number of rotatable bonds is 7. The van der Waals surface area contributed by atoms with Crippen LogP contribution >= 0.6 is 0 Å². The molecule has 2 aromatic rings. The molecule has 2 N–H and O–H groups in total. The highest BCUT2D eigenvalue weighted by Gasteiger charge is 2.23. The van der Waals surface area contributed by atoms with Gasteiger partial charge in [-0.2, -0.15) is 0 Å². The molecular formula is C23H32N4O2S. The van der Waals surface area contributed by atoms with Gasteiger partial charge in [0.2, 0.25) is 0 Å². The fourth-order valence-corrected chi connectivity index (χ4v) is 4.39. The molecule has 0 radical (unpaired) electrons. The Morgan fingerprint density at radius 3 is 2.40 bits per heavy atom. The predicted octanol–water partition coefficient (Wildman–Crippen LogP) is 2.87. The third kappa shape index (κ3) is 6.76. The summed E-state index contributed by atoms with van der Waals surface area (Å²) in [6.45, 7) is 7.49. The largest absolute Gasteiger partial charge is 0.369 e. The van der Waals surface area contributed by atoms with Crippen molar-refractivity contribution in [2.24, 2.45) is 4.99 Å². The standard InChI is InChI=1S/C23H32N4O2S/c1-4-24-23(25-15-19-7-9-20(10-8-19)17-30(3,28)29)26-21-13-14-27(16-21)22-11-5-18(2)6-12-22/h5-12,21H,4,13-17H2,1-3H3,(H2,24,25,26). The van der Waals surface area contributed by atoms with Crippen molar-refractivity contribution >= 4 is 21.5 Å². The van der Waals surface area contributed by atoms with Crippen molar-refractivity contribution in [1.82, 2.24) is 10.6 Å². The zero-order valence-electron chi connectivity index (χ0n) is 18.1. The molecule has 0 spiro atoms. The number of aliphatic imine (C=N–C) groups is 1. The van der Waals surface area contributed by atoms with Crippen LogP contribution in [0.15, 0.2) is 53.5 Å². The Morgan fingerprint density at radius 2 is 1.77 bits per heavy atom. The second-order valence-electron chi connectivity index (χ2n) is 7.99. The molecule has 1 heterocycles. The van der Waals surface area contributed by atoms with Crippen LogP contribution in [0.1, 0.15) is 30.0 Å². The smallest absolute Gasteiger partial charge is 0.191 e. The third-order valence-electron chi connectivity index (χ3n) is 5.14. The van der Waals surface area contributed by atoms with E-state index in [0.717, 1.165) is 43.1 Å². The Bertz CT molecular complexity index is 954. The lowest BCUT2D eigenvalue weighted by Crippen LogP contribution is -2.44. The highest BCUT2D eigenvalue weighted by molar-refractivity contribution is 7.89. The Kier molecular flexibility index (Phi) is 7.37. The van der Waals surface area contributed by atoms with Crippen molar-refractivity contribution in [3.63, 3.8) is 0 Å². The summed E-state index contributed by atoms with van der Waals surface area (Å²) in [4.78, 5) is 7.12. The number of nitrogens with zero attached hydrogens (tertiary/aromatic N) is 2. The van der Waals surface area contributed by atoms with Gasteiger partial charge >= 0.3 is 0 Å². The van der Waals surface area contributed by atoms with Gasteiger partial charge in [-0.05, 0) is 43.5 Å². The Morgan fingerprint density at radius 1 is 1.10 bits per heavy atom. The fourth-order valence-electron chi connectivity index (χ4n) is 3.60. The molecule has 1 atom stereocenters. The summed E-state index contributed by atoms with van der Waals surface area (Å²) in [6, 6.07) is 16.7. The molecule has 0 amide bonds. The summed E-state index contributed by atoms with van der Waals surface area (Å²) in [6.07, 6.45) is 2.32. The summed E-state index contributed by atoms with van der Waals surface area (Å²) in [5, 5.41) is 6.88. The van der Waals surface area contributed by atoms with Gasteiger partial charge in [0.05, 0.1) is 12.3 Å². The third-order valence-corrected chi connectivity index (χ3v) is 6.00. The Hall–Kier alpha value is -2.54. The minimum Gasteiger partial charge on any atom is -0.369 e. The Balaban J connectivity index is 1.57. The van der Waals surface area contributed by atoms with Crippen LogP contribution in [-0.4, -0.2) is 46.3 Å². The van der Waals surface area contributed by atoms with Crippen LogP contribution in [0.3, 0.4) is 0 Å². The lowest BCUT2D eigenvalue weighted by atomic mass is 10.1. The molecule has 1 saturated heterocycles. The first kappa shape index (κ1) is 22.2. The molecule has 2 aromatic carbocycles. The molecular weight excluding hydrogens is 396 g/mol. The van der Waals surface area contributed by atoms with E-state index >= 15 is 0 Å². The monoisotopic (exact) mass is 428 g/mol. The summed E-state index contributed by atoms with van der Waals surface area (Å²) < 4.78 is 22.8. The van der Waals surface area contributed by atoms with Crippen molar-refractivity contribution in [3.05, 3.63) is 65.2 Å². The van der Waals surface area contributed by atoms with E-state index in [1.54, 1.807) is 0 Å². The normalized spacial score (nSPS) is 17.2. The molecule has 0 aromatic heterocycles. The van der Waals surface area contributed by atoms with Crippen LogP contribution in [-0.2, 0) is 22.1 Å². The SMILES string of the molecule is CCNC(=NCc1ccc(CS(C)(=O)=O)cc1)NC1CCN(c2ccc(C)cc2)C1. The average molecular weight is 429 g/mol. The topological polar surface area (TPSA) is 73.8 Å². The summed E-state index contributed by atoms with van der Waals surface area (Å²) in [5.74, 6) is 0.883. The van der Waals surface area contributed by atoms with Crippen molar-refractivity contribution < 1.29 is 8.42 Å². The molecule has 3 rings (SSSR count). The van der Waals surface area contributed by atoms with Crippen molar-refractivity contribution in [2.45, 2.75) is 38.6 Å². The molecule has 7 heteroatoms. The second kappa shape index (κ2) is 9.98. The number of sulfone groups is 1. The summed E-state index contributed by atoms with van der Waals surface area (Å²) in [5.41, 5.74) is 4.40. The second-order valence-corrected chi connectivity index (χ2v) is 10.1. The van der Waals surface area contributed by atoms with E-state index in [1.807, 2.05) is 24.3 Å². The van der Waals surface area contributed by atoms with E-state index in [0.29, 0.717) is 12.6 Å². The van der Waals surface area contributed by atoms with Gasteiger partial charge in [-0.25, -0.2) is 13.4 Å². The van der Waals surface area contributed by atoms with E-state index < -0.39 is 9.84 Å². The summed E-state index contributed by atoms with van der Waals surface area (Å²) in [7, 11) is -3.01. The lowest BCUT2D eigenvalue weighted by Gasteiger charge is -2.20. The van der Waals surface area contributed by atoms with E-state index in [2.05, 4.69) is 53.6 Å². The van der Waals surface area contributed by atoms with Gasteiger partial charge in [0.1, 0.15) is 0 Å². The maximum atomic E-state index is 11.4. The van der Waals surface area contributed by atoms with Gasteiger partial charge in [0.25, 0.3) is 0 Å². The minimum atomic E-state index is -3.01. The van der Waals surface area contributed by atoms with Crippen LogP contribution in [0, 0.1) is 6.92 Å². The van der Waals surface area contributed by atoms with Crippen LogP contribution in [0.5, 0.6) is 0 Å². The molecule has 6 nitrogen and oxygen atoms in total. The quantitative estimate of drug-likeness (QED) is 0.524. The van der Waals surface area contributed by atoms with Crippen LogP contribution in [0.4, 0.5) is 5.69 Å². The van der Waals surface area contributed by atoms with Crippen LogP contribution in [0.2, 0.25) is 0 Å². The first-order valence-corrected chi connectivity index (χ1v) is 12.5. The van der Waals surface area contributed by atoms with Gasteiger partial charge in [-0.3, -0.25) is 0 Å². The lowest BCUT2D eigenvalue weighted by molar-refractivity contribution is 0.601. The first-order chi connectivity index (χ1) is 14.3. The van der Waals surface area contributed by atoms with Gasteiger partial charge in [0, 0.05) is 37.6 Å². The minimum absolute atomic E-state index is 0.0694. The van der Waals surface area contributed by atoms with Gasteiger partial charge in [-0.15, -0.1) is 0 Å². The predicted molar refractivity (Wildman–Crippen MR) is 125 cm³/mol. The number of benzene rings is 2. The zero-order valence-corrected chi connectivity index (χ0v) is 18.9. The number of hydrogen-bond donors (Lipinski definition) is 2. The van der Waals surface area contributed by atoms with Gasteiger partial charge < -0.3 is 15.5 Å². The number of hydrogen-bond acceptors (Lipinski definition) is 4. The highest BCUT2D eigenvalue weighted by atomic mass is 32.2. The molecule has 0 saturated carbocycles. The van der Waals surface area contributed by atoms with E-state index in [1.165, 1.54) is 17.5 Å². The molecule has 1 aliphatic heterocycles. The molecule has 1 unspecified atom stereocenters. The molecule has 1 aliphatic rings. The number of nitrogens with one attached hydrogen (secondary N) is 2. The number of aryl methyl sites for hydroxylation is 1. The van der Waals surface area contributed by atoms with E-state index in [4.69, 9.17) is 4.99 Å². The van der Waals surface area contributed by atoms with Crippen molar-refractivity contribution in [3.8, 4) is 0 Å². The van der Waals surface area contributed by atoms with Crippen LogP contribution in [0.25, 0.3) is 0 Å². The molecule has 0 bridgehead atoms. The molecule has 1 fully saturated rings. The Labute approximate surface area is 180 Å². The van der Waals surface area contributed by atoms with E-state index in [-0.39, 0.29) is 5.75 Å². The maximum Gasteiger partial charge on any atom is 0.191 e. The fraction of sp³-hybridized carbons (Fsp3) is 0.435.